The first-order chi connectivity index (χ1) is 10.1. The van der Waals surface area contributed by atoms with Crippen molar-refractivity contribution >= 4 is 27.3 Å². The van der Waals surface area contributed by atoms with E-state index in [9.17, 15) is 4.79 Å². The van der Waals surface area contributed by atoms with Gasteiger partial charge in [-0.2, -0.15) is 0 Å². The van der Waals surface area contributed by atoms with Crippen molar-refractivity contribution in [3.8, 4) is 0 Å². The van der Waals surface area contributed by atoms with E-state index in [4.69, 9.17) is 4.98 Å². The molecule has 0 bridgehead atoms. The maximum atomic E-state index is 12.6. The Hall–Kier alpha value is -2.68. The molecule has 102 valence electrons. The molecular weight excluding hydrogens is 260 g/mol. The van der Waals surface area contributed by atoms with E-state index in [1.807, 2.05) is 36.5 Å². The number of hydrogen-bond acceptors (Lipinski definition) is 2. The second kappa shape index (κ2) is 4.16. The van der Waals surface area contributed by atoms with E-state index in [2.05, 4.69) is 26.0 Å². The molecule has 0 N–H and O–H groups in total. The number of rotatable bonds is 0. The summed E-state index contributed by atoms with van der Waals surface area (Å²) in [5, 5.41) is 2.82. The minimum Gasteiger partial charge on any atom is -0.268 e. The zero-order chi connectivity index (χ0) is 14.6. The molecule has 4 rings (SSSR count). The van der Waals surface area contributed by atoms with E-state index in [1.165, 1.54) is 11.1 Å². The van der Waals surface area contributed by atoms with Crippen molar-refractivity contribution in [2.75, 3.05) is 0 Å². The van der Waals surface area contributed by atoms with Crippen LogP contribution in [0.4, 0.5) is 0 Å². The van der Waals surface area contributed by atoms with Crippen LogP contribution in [-0.4, -0.2) is 9.38 Å². The molecule has 2 heterocycles. The van der Waals surface area contributed by atoms with Crippen LogP contribution in [0.1, 0.15) is 11.1 Å². The lowest BCUT2D eigenvalue weighted by Crippen LogP contribution is -2.15. The van der Waals surface area contributed by atoms with Crippen molar-refractivity contribution in [1.29, 1.82) is 0 Å². The Bertz CT molecular complexity index is 1080. The van der Waals surface area contributed by atoms with Crippen LogP contribution in [0.5, 0.6) is 0 Å². The van der Waals surface area contributed by atoms with Gasteiger partial charge < -0.3 is 0 Å². The van der Waals surface area contributed by atoms with Crippen LogP contribution in [0.3, 0.4) is 0 Å². The molecule has 3 nitrogen and oxygen atoms in total. The fourth-order valence-electron chi connectivity index (χ4n) is 3.01. The van der Waals surface area contributed by atoms with E-state index in [0.29, 0.717) is 5.39 Å². The lowest BCUT2D eigenvalue weighted by Gasteiger charge is -2.09. The standard InChI is InChI=1S/C18H14N2O/c1-11-9-12(2)13-7-8-20-17(15(13)10-11)19-16-6-4-3-5-14(16)18(20)21/h3-10H,1-2H3. The van der Waals surface area contributed by atoms with Gasteiger partial charge in [-0.25, -0.2) is 4.98 Å². The van der Waals surface area contributed by atoms with Crippen molar-refractivity contribution in [2.24, 2.45) is 0 Å². The van der Waals surface area contributed by atoms with Gasteiger partial charge in [0.05, 0.1) is 10.9 Å². The molecule has 0 aliphatic heterocycles. The highest BCUT2D eigenvalue weighted by Gasteiger charge is 2.09. The number of aromatic nitrogens is 2. The number of benzene rings is 2. The van der Waals surface area contributed by atoms with Gasteiger partial charge in [0.15, 0.2) is 0 Å². The first kappa shape index (κ1) is 12.1. The molecule has 3 heteroatoms. The third-order valence-corrected chi connectivity index (χ3v) is 3.97. The normalized spacial score (nSPS) is 11.5. The van der Waals surface area contributed by atoms with E-state index in [-0.39, 0.29) is 5.56 Å². The quantitative estimate of drug-likeness (QED) is 0.362. The van der Waals surface area contributed by atoms with Gasteiger partial charge in [0.25, 0.3) is 5.56 Å². The summed E-state index contributed by atoms with van der Waals surface area (Å²) in [6, 6.07) is 13.7. The van der Waals surface area contributed by atoms with E-state index >= 15 is 0 Å². The molecule has 0 aliphatic carbocycles. The summed E-state index contributed by atoms with van der Waals surface area (Å²) in [6.07, 6.45) is 1.82. The average Bonchev–Trinajstić information content (AvgIpc) is 2.47. The summed E-state index contributed by atoms with van der Waals surface area (Å²) < 4.78 is 1.64. The minimum absolute atomic E-state index is 0.0170. The van der Waals surface area contributed by atoms with E-state index in [0.717, 1.165) is 21.9 Å². The van der Waals surface area contributed by atoms with Crippen molar-refractivity contribution < 1.29 is 0 Å². The molecule has 0 fully saturated rings. The van der Waals surface area contributed by atoms with Crippen molar-refractivity contribution in [3.05, 3.63) is 70.1 Å². The molecule has 2 aromatic carbocycles. The second-order valence-corrected chi connectivity index (χ2v) is 5.49. The highest BCUT2D eigenvalue weighted by atomic mass is 16.1. The first-order valence-electron chi connectivity index (χ1n) is 6.96. The number of nitrogens with zero attached hydrogens (tertiary/aromatic N) is 2. The van der Waals surface area contributed by atoms with Gasteiger partial charge in [-0.1, -0.05) is 23.8 Å². The number of aryl methyl sites for hydroxylation is 2. The minimum atomic E-state index is -0.0170. The Morgan fingerprint density at radius 1 is 0.952 bits per heavy atom. The van der Waals surface area contributed by atoms with E-state index in [1.54, 1.807) is 4.40 Å². The van der Waals surface area contributed by atoms with E-state index < -0.39 is 0 Å². The highest BCUT2D eigenvalue weighted by molar-refractivity contribution is 5.98. The zero-order valence-electron chi connectivity index (χ0n) is 11.9. The molecule has 4 aromatic rings. The fraction of sp³-hybridized carbons (Fsp3) is 0.111. The summed E-state index contributed by atoms with van der Waals surface area (Å²) >= 11 is 0. The molecule has 0 saturated heterocycles. The molecule has 0 spiro atoms. The number of hydrogen-bond donors (Lipinski definition) is 0. The summed E-state index contributed by atoms with van der Waals surface area (Å²) in [5.74, 6) is 0. The molecular formula is C18H14N2O. The van der Waals surface area contributed by atoms with Crippen LogP contribution >= 0.6 is 0 Å². The van der Waals surface area contributed by atoms with Crippen molar-refractivity contribution in [3.63, 3.8) is 0 Å². The topological polar surface area (TPSA) is 34.4 Å². The average molecular weight is 274 g/mol. The maximum Gasteiger partial charge on any atom is 0.265 e. The predicted molar refractivity (Wildman–Crippen MR) is 85.9 cm³/mol. The Kier molecular flexibility index (Phi) is 2.39. The lowest BCUT2D eigenvalue weighted by molar-refractivity contribution is 1.09. The van der Waals surface area contributed by atoms with Crippen LogP contribution < -0.4 is 5.56 Å². The van der Waals surface area contributed by atoms with Crippen LogP contribution in [0.15, 0.2) is 53.5 Å². The molecule has 0 atom stereocenters. The maximum absolute atomic E-state index is 12.6. The Morgan fingerprint density at radius 2 is 1.76 bits per heavy atom. The van der Waals surface area contributed by atoms with Gasteiger partial charge in [-0.3, -0.25) is 9.20 Å². The van der Waals surface area contributed by atoms with Crippen LogP contribution in [0, 0.1) is 13.8 Å². The molecule has 0 unspecified atom stereocenters. The smallest absolute Gasteiger partial charge is 0.265 e. The van der Waals surface area contributed by atoms with Gasteiger partial charge in [0.2, 0.25) is 0 Å². The molecule has 0 aliphatic rings. The summed E-state index contributed by atoms with van der Waals surface area (Å²) in [4.78, 5) is 17.3. The first-order valence-corrected chi connectivity index (χ1v) is 6.96. The Morgan fingerprint density at radius 3 is 2.62 bits per heavy atom. The lowest BCUT2D eigenvalue weighted by atomic mass is 10.0. The number of pyridine rings is 1. The Balaban J connectivity index is 2.33. The SMILES string of the molecule is Cc1cc(C)c2ccn3c(=O)c4ccccc4nc3c2c1. The van der Waals surface area contributed by atoms with Crippen molar-refractivity contribution in [1.82, 2.24) is 9.38 Å². The van der Waals surface area contributed by atoms with Crippen LogP contribution in [0.25, 0.3) is 27.3 Å². The molecule has 21 heavy (non-hydrogen) atoms. The van der Waals surface area contributed by atoms with Gasteiger partial charge in [0.1, 0.15) is 5.65 Å². The number of para-hydroxylation sites is 1. The van der Waals surface area contributed by atoms with Gasteiger partial charge >= 0.3 is 0 Å². The predicted octanol–water partition coefficient (Wildman–Crippen LogP) is 3.62. The third kappa shape index (κ3) is 1.67. The monoisotopic (exact) mass is 274 g/mol. The molecule has 0 saturated carbocycles. The second-order valence-electron chi connectivity index (χ2n) is 5.49. The van der Waals surface area contributed by atoms with Gasteiger partial charge in [0, 0.05) is 11.6 Å². The summed E-state index contributed by atoms with van der Waals surface area (Å²) in [5.41, 5.74) is 3.83. The zero-order valence-corrected chi connectivity index (χ0v) is 11.9. The van der Waals surface area contributed by atoms with Gasteiger partial charge in [-0.15, -0.1) is 0 Å². The van der Waals surface area contributed by atoms with Crippen LogP contribution in [-0.2, 0) is 0 Å². The molecule has 0 radical (unpaired) electrons. The summed E-state index contributed by atoms with van der Waals surface area (Å²) in [7, 11) is 0. The summed E-state index contributed by atoms with van der Waals surface area (Å²) in [6.45, 7) is 4.15. The Labute approximate surface area is 121 Å². The third-order valence-electron chi connectivity index (χ3n) is 3.97. The largest absolute Gasteiger partial charge is 0.268 e. The number of fused-ring (bicyclic) bond motifs is 4. The fourth-order valence-corrected chi connectivity index (χ4v) is 3.01. The molecule has 2 aromatic heterocycles. The van der Waals surface area contributed by atoms with Gasteiger partial charge in [-0.05, 0) is 49.1 Å². The van der Waals surface area contributed by atoms with Crippen molar-refractivity contribution in [2.45, 2.75) is 13.8 Å². The molecule has 0 amide bonds. The van der Waals surface area contributed by atoms with Crippen LogP contribution in [0.2, 0.25) is 0 Å². The highest BCUT2D eigenvalue weighted by Crippen LogP contribution is 2.24.